The first kappa shape index (κ1) is 14.6. The van der Waals surface area contributed by atoms with Crippen LogP contribution in [0, 0.1) is 0 Å². The number of hydrogen-bond acceptors (Lipinski definition) is 2. The number of para-hydroxylation sites is 2. The van der Waals surface area contributed by atoms with Crippen LogP contribution in [0.4, 0.5) is 11.4 Å². The highest BCUT2D eigenvalue weighted by Crippen LogP contribution is 2.10. The lowest BCUT2D eigenvalue weighted by Gasteiger charge is -2.08. The van der Waals surface area contributed by atoms with Crippen LogP contribution in [0.25, 0.3) is 0 Å². The van der Waals surface area contributed by atoms with E-state index in [1.165, 1.54) is 11.8 Å². The van der Waals surface area contributed by atoms with Gasteiger partial charge in [-0.25, -0.2) is 0 Å². The number of hydrogen-bond donors (Lipinski definition) is 2. The molecule has 0 amide bonds. The Morgan fingerprint density at radius 1 is 0.900 bits per heavy atom. The predicted octanol–water partition coefficient (Wildman–Crippen LogP) is 4.21. The van der Waals surface area contributed by atoms with Crippen LogP contribution in [0.1, 0.15) is 0 Å². The van der Waals surface area contributed by atoms with E-state index in [9.17, 15) is 0 Å². The number of nitrogens with one attached hydrogen (secondary N) is 2. The minimum atomic E-state index is 0.434. The Hall–Kier alpha value is -1.85. The first-order valence-corrected chi connectivity index (χ1v) is 7.72. The van der Waals surface area contributed by atoms with Gasteiger partial charge in [0.25, 0.3) is 0 Å². The number of aliphatic imine (C=N–C) groups is 1. The molecule has 0 atom stereocenters. The highest BCUT2D eigenvalue weighted by atomic mass is 32.2. The van der Waals surface area contributed by atoms with Gasteiger partial charge in [-0.2, -0.15) is 4.99 Å². The van der Waals surface area contributed by atoms with E-state index in [-0.39, 0.29) is 0 Å². The maximum Gasteiger partial charge on any atom is 0.199 e. The molecule has 0 aliphatic heterocycles. The van der Waals surface area contributed by atoms with Crippen molar-refractivity contribution in [2.24, 2.45) is 4.99 Å². The first-order valence-electron chi connectivity index (χ1n) is 6.09. The Morgan fingerprint density at radius 2 is 1.40 bits per heavy atom. The summed E-state index contributed by atoms with van der Waals surface area (Å²) >= 11 is 6.76. The molecule has 0 aliphatic carbocycles. The molecular weight excluding hydrogens is 286 g/mol. The molecule has 5 heteroatoms. The fourth-order valence-electron chi connectivity index (χ4n) is 1.53. The van der Waals surface area contributed by atoms with Crippen LogP contribution in [-0.4, -0.2) is 16.5 Å². The van der Waals surface area contributed by atoms with E-state index < -0.39 is 0 Å². The lowest BCUT2D eigenvalue weighted by atomic mass is 10.3. The smallest absolute Gasteiger partial charge is 0.199 e. The van der Waals surface area contributed by atoms with Gasteiger partial charge in [-0.3, -0.25) is 0 Å². The lowest BCUT2D eigenvalue weighted by molar-refractivity contribution is 1.58. The zero-order valence-corrected chi connectivity index (χ0v) is 12.7. The summed E-state index contributed by atoms with van der Waals surface area (Å²) in [4.78, 5) is 4.37. The van der Waals surface area contributed by atoms with Gasteiger partial charge in [0.1, 0.15) is 0 Å². The minimum Gasteiger partial charge on any atom is -0.335 e. The third-order valence-corrected chi connectivity index (χ3v) is 3.22. The largest absolute Gasteiger partial charge is 0.335 e. The summed E-state index contributed by atoms with van der Waals surface area (Å²) in [6.07, 6.45) is 1.96. The average molecular weight is 301 g/mol. The zero-order valence-electron chi connectivity index (χ0n) is 11.0. The van der Waals surface area contributed by atoms with Crippen LogP contribution in [0.15, 0.2) is 65.7 Å². The number of benzene rings is 2. The SMILES string of the molecule is CS/C(=N\C(=S)Nc1ccccc1)Nc1ccccc1. The van der Waals surface area contributed by atoms with Crippen LogP contribution >= 0.6 is 24.0 Å². The van der Waals surface area contributed by atoms with Crippen molar-refractivity contribution in [3.63, 3.8) is 0 Å². The topological polar surface area (TPSA) is 36.4 Å². The van der Waals surface area contributed by atoms with Gasteiger partial charge in [0.15, 0.2) is 10.3 Å². The van der Waals surface area contributed by atoms with E-state index in [1.54, 1.807) is 0 Å². The standard InChI is InChI=1S/C15H15N3S2/c1-20-15(17-13-10-6-3-7-11-13)18-14(19)16-12-8-4-2-5-9-12/h2-11H,1H3,(H2,16,17,18,19). The Morgan fingerprint density at radius 3 is 1.90 bits per heavy atom. The molecule has 0 saturated heterocycles. The van der Waals surface area contributed by atoms with E-state index in [2.05, 4.69) is 15.6 Å². The highest BCUT2D eigenvalue weighted by Gasteiger charge is 2.01. The molecule has 0 aromatic heterocycles. The molecular formula is C15H15N3S2. The molecule has 2 rings (SSSR count). The molecule has 3 nitrogen and oxygen atoms in total. The quantitative estimate of drug-likeness (QED) is 0.495. The normalized spacial score (nSPS) is 10.9. The Bertz CT molecular complexity index is 583. The van der Waals surface area contributed by atoms with E-state index in [1.807, 2.05) is 66.9 Å². The van der Waals surface area contributed by atoms with Crippen molar-refractivity contribution in [1.29, 1.82) is 0 Å². The molecule has 0 radical (unpaired) electrons. The lowest BCUT2D eigenvalue weighted by Crippen LogP contribution is -2.13. The first-order chi connectivity index (χ1) is 9.78. The summed E-state index contributed by atoms with van der Waals surface area (Å²) in [5.41, 5.74) is 1.92. The molecule has 0 saturated carbocycles. The molecule has 0 heterocycles. The fraction of sp³-hybridized carbons (Fsp3) is 0.0667. The minimum absolute atomic E-state index is 0.434. The summed E-state index contributed by atoms with van der Waals surface area (Å²) in [6, 6.07) is 19.7. The second-order valence-corrected chi connectivity index (χ2v) is 5.09. The highest BCUT2D eigenvalue weighted by molar-refractivity contribution is 8.13. The molecule has 0 unspecified atom stereocenters. The summed E-state index contributed by atoms with van der Waals surface area (Å²) in [6.45, 7) is 0. The number of thioether (sulfide) groups is 1. The van der Waals surface area contributed by atoms with Crippen molar-refractivity contribution < 1.29 is 0 Å². The molecule has 2 aromatic rings. The monoisotopic (exact) mass is 301 g/mol. The van der Waals surface area contributed by atoms with Gasteiger partial charge in [-0.1, -0.05) is 48.2 Å². The summed E-state index contributed by atoms with van der Waals surface area (Å²) in [5, 5.41) is 7.50. The zero-order chi connectivity index (χ0) is 14.2. The van der Waals surface area contributed by atoms with Gasteiger partial charge in [0, 0.05) is 11.4 Å². The maximum absolute atomic E-state index is 5.24. The van der Waals surface area contributed by atoms with Gasteiger partial charge in [-0.05, 0) is 42.7 Å². The maximum atomic E-state index is 5.24. The molecule has 2 aromatic carbocycles. The van der Waals surface area contributed by atoms with Crippen LogP contribution in [-0.2, 0) is 0 Å². The molecule has 2 N–H and O–H groups in total. The molecule has 20 heavy (non-hydrogen) atoms. The molecule has 0 fully saturated rings. The Balaban J connectivity index is 2.01. The summed E-state index contributed by atoms with van der Waals surface area (Å²) in [7, 11) is 0. The van der Waals surface area contributed by atoms with E-state index in [4.69, 9.17) is 12.2 Å². The average Bonchev–Trinajstić information content (AvgIpc) is 2.48. The summed E-state index contributed by atoms with van der Waals surface area (Å²) in [5.74, 6) is 0. The fourth-order valence-corrected chi connectivity index (χ4v) is 2.20. The van der Waals surface area contributed by atoms with Crippen LogP contribution in [0.5, 0.6) is 0 Å². The van der Waals surface area contributed by atoms with Gasteiger partial charge in [-0.15, -0.1) is 0 Å². The van der Waals surface area contributed by atoms with Gasteiger partial charge in [0.2, 0.25) is 0 Å². The van der Waals surface area contributed by atoms with E-state index >= 15 is 0 Å². The third-order valence-electron chi connectivity index (χ3n) is 2.45. The van der Waals surface area contributed by atoms with Crippen molar-refractivity contribution >= 4 is 45.6 Å². The van der Waals surface area contributed by atoms with Crippen molar-refractivity contribution in [3.8, 4) is 0 Å². The van der Waals surface area contributed by atoms with Gasteiger partial charge >= 0.3 is 0 Å². The Kier molecular flexibility index (Phi) is 5.58. The third kappa shape index (κ3) is 4.68. The van der Waals surface area contributed by atoms with Crippen molar-refractivity contribution in [2.75, 3.05) is 16.9 Å². The number of rotatable bonds is 2. The van der Waals surface area contributed by atoms with E-state index in [0.717, 1.165) is 16.5 Å². The predicted molar refractivity (Wildman–Crippen MR) is 93.7 cm³/mol. The second-order valence-electron chi connectivity index (χ2n) is 3.91. The van der Waals surface area contributed by atoms with E-state index in [0.29, 0.717) is 5.11 Å². The molecule has 0 spiro atoms. The van der Waals surface area contributed by atoms with Crippen LogP contribution in [0.2, 0.25) is 0 Å². The second kappa shape index (κ2) is 7.67. The molecule has 0 aliphatic rings. The van der Waals surface area contributed by atoms with Gasteiger partial charge < -0.3 is 10.6 Å². The van der Waals surface area contributed by atoms with Crippen LogP contribution in [0.3, 0.4) is 0 Å². The number of nitrogens with zero attached hydrogens (tertiary/aromatic N) is 1. The number of anilines is 2. The molecule has 102 valence electrons. The van der Waals surface area contributed by atoms with Crippen molar-refractivity contribution in [3.05, 3.63) is 60.7 Å². The van der Waals surface area contributed by atoms with Crippen molar-refractivity contribution in [2.45, 2.75) is 0 Å². The summed E-state index contributed by atoms with van der Waals surface area (Å²) < 4.78 is 0. The molecule has 0 bridgehead atoms. The number of amidine groups is 1. The number of thiocarbonyl (C=S) groups is 1. The Labute approximate surface area is 128 Å². The van der Waals surface area contributed by atoms with Gasteiger partial charge in [0.05, 0.1) is 0 Å². The van der Waals surface area contributed by atoms with Crippen LogP contribution < -0.4 is 10.6 Å². The van der Waals surface area contributed by atoms with Crippen molar-refractivity contribution in [1.82, 2.24) is 0 Å².